The van der Waals surface area contributed by atoms with Crippen LogP contribution in [-0.2, 0) is 4.79 Å². The predicted octanol–water partition coefficient (Wildman–Crippen LogP) is 1.79. The second-order valence-electron chi connectivity index (χ2n) is 5.76. The number of amides is 1. The molecule has 1 aliphatic heterocycles. The molecule has 1 saturated heterocycles. The zero-order valence-corrected chi connectivity index (χ0v) is 9.56. The van der Waals surface area contributed by atoms with E-state index in [9.17, 15) is 4.79 Å². The first-order valence-electron chi connectivity index (χ1n) is 6.43. The Morgan fingerprint density at radius 3 is 2.81 bits per heavy atom. The molecule has 0 aromatic heterocycles. The Bertz CT molecular complexity index is 346. The highest BCUT2D eigenvalue weighted by Crippen LogP contribution is 2.48. The van der Waals surface area contributed by atoms with E-state index in [-0.39, 0.29) is 11.8 Å². The van der Waals surface area contributed by atoms with E-state index >= 15 is 0 Å². The summed E-state index contributed by atoms with van der Waals surface area (Å²) in [5, 5.41) is 8.84. The standard InChI is InChI=1S/C13H18N2O/c14-6-10-5-13(16)15(7-10)8-12-4-9-1-2-11(12)3-9/h9-12H,1-5,7-8H2. The largest absolute Gasteiger partial charge is 0.341 e. The van der Waals surface area contributed by atoms with Crippen molar-refractivity contribution in [1.82, 2.24) is 4.90 Å². The van der Waals surface area contributed by atoms with Crippen molar-refractivity contribution in [2.75, 3.05) is 13.1 Å². The maximum Gasteiger partial charge on any atom is 0.224 e. The number of nitrogens with zero attached hydrogens (tertiary/aromatic N) is 2. The summed E-state index contributed by atoms with van der Waals surface area (Å²) in [5.41, 5.74) is 0. The number of likely N-dealkylation sites (tertiary alicyclic amines) is 1. The van der Waals surface area contributed by atoms with Gasteiger partial charge in [-0.15, -0.1) is 0 Å². The minimum atomic E-state index is -0.0499. The van der Waals surface area contributed by atoms with Crippen molar-refractivity contribution in [3.05, 3.63) is 0 Å². The van der Waals surface area contributed by atoms with Crippen molar-refractivity contribution in [2.24, 2.45) is 23.7 Å². The fourth-order valence-electron chi connectivity index (χ4n) is 3.92. The second kappa shape index (κ2) is 3.76. The molecule has 3 heteroatoms. The van der Waals surface area contributed by atoms with Gasteiger partial charge in [-0.2, -0.15) is 5.26 Å². The lowest BCUT2D eigenvalue weighted by molar-refractivity contribution is -0.128. The monoisotopic (exact) mass is 218 g/mol. The average Bonchev–Trinajstić information content (AvgIpc) is 2.95. The van der Waals surface area contributed by atoms with E-state index in [2.05, 4.69) is 6.07 Å². The molecule has 0 radical (unpaired) electrons. The molecule has 3 rings (SSSR count). The van der Waals surface area contributed by atoms with Crippen molar-refractivity contribution in [1.29, 1.82) is 5.26 Å². The van der Waals surface area contributed by atoms with E-state index in [1.165, 1.54) is 25.7 Å². The molecule has 86 valence electrons. The molecule has 4 atom stereocenters. The van der Waals surface area contributed by atoms with Gasteiger partial charge in [0.2, 0.25) is 5.91 Å². The molecule has 1 heterocycles. The molecule has 16 heavy (non-hydrogen) atoms. The molecular weight excluding hydrogens is 200 g/mol. The Morgan fingerprint density at radius 1 is 1.38 bits per heavy atom. The van der Waals surface area contributed by atoms with Crippen molar-refractivity contribution >= 4 is 5.91 Å². The summed E-state index contributed by atoms with van der Waals surface area (Å²) >= 11 is 0. The van der Waals surface area contributed by atoms with E-state index < -0.39 is 0 Å². The van der Waals surface area contributed by atoms with E-state index in [1.54, 1.807) is 0 Å². The van der Waals surface area contributed by atoms with Crippen LogP contribution >= 0.6 is 0 Å². The Labute approximate surface area is 96.4 Å². The van der Waals surface area contributed by atoms with Gasteiger partial charge in [0, 0.05) is 19.5 Å². The third-order valence-electron chi connectivity index (χ3n) is 4.74. The smallest absolute Gasteiger partial charge is 0.224 e. The van der Waals surface area contributed by atoms with Gasteiger partial charge in [-0.1, -0.05) is 6.42 Å². The minimum absolute atomic E-state index is 0.0499. The zero-order chi connectivity index (χ0) is 11.1. The second-order valence-corrected chi connectivity index (χ2v) is 5.76. The molecule has 0 N–H and O–H groups in total. The molecule has 2 aliphatic carbocycles. The van der Waals surface area contributed by atoms with Crippen molar-refractivity contribution in [2.45, 2.75) is 32.1 Å². The minimum Gasteiger partial charge on any atom is -0.341 e. The topological polar surface area (TPSA) is 44.1 Å². The molecule has 3 nitrogen and oxygen atoms in total. The molecule has 3 fully saturated rings. The summed E-state index contributed by atoms with van der Waals surface area (Å²) < 4.78 is 0. The highest BCUT2D eigenvalue weighted by molar-refractivity contribution is 5.79. The fourth-order valence-corrected chi connectivity index (χ4v) is 3.92. The maximum atomic E-state index is 11.7. The van der Waals surface area contributed by atoms with Gasteiger partial charge in [-0.3, -0.25) is 4.79 Å². The highest BCUT2D eigenvalue weighted by atomic mass is 16.2. The van der Waals surface area contributed by atoms with Gasteiger partial charge >= 0.3 is 0 Å². The molecular formula is C13H18N2O. The Morgan fingerprint density at radius 2 is 2.25 bits per heavy atom. The number of fused-ring (bicyclic) bond motifs is 2. The predicted molar refractivity (Wildman–Crippen MR) is 59.2 cm³/mol. The van der Waals surface area contributed by atoms with Gasteiger partial charge < -0.3 is 4.90 Å². The SMILES string of the molecule is N#CC1CC(=O)N(CC2CC3CCC2C3)C1. The number of carbonyl (C=O) groups excluding carboxylic acids is 1. The summed E-state index contributed by atoms with van der Waals surface area (Å²) in [6.45, 7) is 1.61. The van der Waals surface area contributed by atoms with Crippen LogP contribution in [0, 0.1) is 35.0 Å². The van der Waals surface area contributed by atoms with Crippen molar-refractivity contribution in [3.8, 4) is 6.07 Å². The molecule has 1 amide bonds. The van der Waals surface area contributed by atoms with Crippen LogP contribution < -0.4 is 0 Å². The van der Waals surface area contributed by atoms with Crippen LogP contribution in [0.25, 0.3) is 0 Å². The molecule has 0 aromatic rings. The quantitative estimate of drug-likeness (QED) is 0.709. The maximum absolute atomic E-state index is 11.7. The van der Waals surface area contributed by atoms with Crippen LogP contribution in [0.4, 0.5) is 0 Å². The Kier molecular flexibility index (Phi) is 2.38. The average molecular weight is 218 g/mol. The van der Waals surface area contributed by atoms with Crippen LogP contribution in [0.5, 0.6) is 0 Å². The molecule has 0 spiro atoms. The van der Waals surface area contributed by atoms with Crippen molar-refractivity contribution < 1.29 is 4.79 Å². The lowest BCUT2D eigenvalue weighted by Crippen LogP contribution is -2.33. The summed E-state index contributed by atoms with van der Waals surface area (Å²) in [7, 11) is 0. The number of rotatable bonds is 2. The van der Waals surface area contributed by atoms with E-state index in [0.29, 0.717) is 13.0 Å². The van der Waals surface area contributed by atoms with Gasteiger partial charge in [0.15, 0.2) is 0 Å². The molecule has 0 aromatic carbocycles. The number of hydrogen-bond acceptors (Lipinski definition) is 2. The van der Waals surface area contributed by atoms with Gasteiger partial charge in [-0.05, 0) is 37.0 Å². The van der Waals surface area contributed by atoms with Gasteiger partial charge in [-0.25, -0.2) is 0 Å². The van der Waals surface area contributed by atoms with Crippen LogP contribution in [0.1, 0.15) is 32.1 Å². The molecule has 4 unspecified atom stereocenters. The van der Waals surface area contributed by atoms with Crippen LogP contribution in [0.15, 0.2) is 0 Å². The van der Waals surface area contributed by atoms with E-state index in [4.69, 9.17) is 5.26 Å². The van der Waals surface area contributed by atoms with E-state index in [1.807, 2.05) is 4.90 Å². The first-order chi connectivity index (χ1) is 7.76. The number of carbonyl (C=O) groups is 1. The fraction of sp³-hybridized carbons (Fsp3) is 0.846. The summed E-state index contributed by atoms with van der Waals surface area (Å²) in [4.78, 5) is 13.7. The Hall–Kier alpha value is -1.04. The van der Waals surface area contributed by atoms with Crippen LogP contribution in [-0.4, -0.2) is 23.9 Å². The van der Waals surface area contributed by atoms with Gasteiger partial charge in [0.1, 0.15) is 0 Å². The zero-order valence-electron chi connectivity index (χ0n) is 9.56. The van der Waals surface area contributed by atoms with Crippen molar-refractivity contribution in [3.63, 3.8) is 0 Å². The molecule has 2 saturated carbocycles. The van der Waals surface area contributed by atoms with Crippen LogP contribution in [0.3, 0.4) is 0 Å². The van der Waals surface area contributed by atoms with E-state index in [0.717, 1.165) is 24.3 Å². The summed E-state index contributed by atoms with van der Waals surface area (Å²) in [6, 6.07) is 2.22. The highest BCUT2D eigenvalue weighted by Gasteiger charge is 2.41. The third-order valence-corrected chi connectivity index (χ3v) is 4.74. The first kappa shape index (κ1) is 10.1. The number of nitriles is 1. The molecule has 3 aliphatic rings. The van der Waals surface area contributed by atoms with Crippen LogP contribution in [0.2, 0.25) is 0 Å². The number of hydrogen-bond donors (Lipinski definition) is 0. The molecule has 2 bridgehead atoms. The summed E-state index contributed by atoms with van der Waals surface area (Å²) in [6.07, 6.45) is 5.96. The summed E-state index contributed by atoms with van der Waals surface area (Å²) in [5.74, 6) is 2.71. The third kappa shape index (κ3) is 1.61. The lowest BCUT2D eigenvalue weighted by atomic mass is 9.88. The normalized spacial score (nSPS) is 41.7. The first-order valence-corrected chi connectivity index (χ1v) is 6.43. The Balaban J connectivity index is 1.60. The lowest BCUT2D eigenvalue weighted by Gasteiger charge is -2.26. The van der Waals surface area contributed by atoms with Gasteiger partial charge in [0.25, 0.3) is 0 Å². The van der Waals surface area contributed by atoms with Gasteiger partial charge in [0.05, 0.1) is 12.0 Å².